The molecule has 0 aliphatic heterocycles. The number of para-hydroxylation sites is 1. The topological polar surface area (TPSA) is 54.9 Å². The fourth-order valence-electron chi connectivity index (χ4n) is 1.94. The van der Waals surface area contributed by atoms with Crippen molar-refractivity contribution >= 4 is 39.9 Å². The lowest BCUT2D eigenvalue weighted by Gasteiger charge is -2.03. The van der Waals surface area contributed by atoms with Crippen molar-refractivity contribution in [2.75, 3.05) is 5.32 Å². The number of hydrogen-bond donors (Lipinski definition) is 1. The molecule has 3 rings (SSSR count). The SMILES string of the molecule is Cc1nc(/C=C/C(=O)Nc2cnc3ccccc3c2)cs1. The fourth-order valence-corrected chi connectivity index (χ4v) is 2.52. The van der Waals surface area contributed by atoms with Gasteiger partial charge < -0.3 is 5.32 Å². The smallest absolute Gasteiger partial charge is 0.248 e. The third-order valence-electron chi connectivity index (χ3n) is 2.90. The van der Waals surface area contributed by atoms with Crippen LogP contribution in [0.25, 0.3) is 17.0 Å². The predicted molar refractivity (Wildman–Crippen MR) is 86.3 cm³/mol. The van der Waals surface area contributed by atoms with Crippen LogP contribution >= 0.6 is 11.3 Å². The summed E-state index contributed by atoms with van der Waals surface area (Å²) in [5.74, 6) is -0.197. The van der Waals surface area contributed by atoms with Crippen molar-refractivity contribution in [1.29, 1.82) is 0 Å². The molecule has 0 bridgehead atoms. The van der Waals surface area contributed by atoms with Crippen LogP contribution in [0.2, 0.25) is 0 Å². The molecule has 21 heavy (non-hydrogen) atoms. The first-order valence-corrected chi connectivity index (χ1v) is 7.35. The monoisotopic (exact) mass is 295 g/mol. The van der Waals surface area contributed by atoms with E-state index >= 15 is 0 Å². The third-order valence-corrected chi connectivity index (χ3v) is 3.69. The number of anilines is 1. The number of benzene rings is 1. The van der Waals surface area contributed by atoms with E-state index in [9.17, 15) is 4.79 Å². The molecule has 2 aromatic heterocycles. The Kier molecular flexibility index (Phi) is 3.75. The average Bonchev–Trinajstić information content (AvgIpc) is 2.91. The molecule has 1 amide bonds. The zero-order valence-electron chi connectivity index (χ0n) is 11.4. The standard InChI is InChI=1S/C16H13N3OS/c1-11-18-13(10-21-11)6-7-16(20)19-14-8-12-4-2-3-5-15(12)17-9-14/h2-10H,1H3,(H,19,20)/b7-6+. The van der Waals surface area contributed by atoms with Gasteiger partial charge in [0.05, 0.1) is 28.1 Å². The quantitative estimate of drug-likeness (QED) is 0.750. The van der Waals surface area contributed by atoms with Crippen molar-refractivity contribution in [3.05, 3.63) is 58.7 Å². The highest BCUT2D eigenvalue weighted by molar-refractivity contribution is 7.09. The summed E-state index contributed by atoms with van der Waals surface area (Å²) >= 11 is 1.56. The number of fused-ring (bicyclic) bond motifs is 1. The van der Waals surface area contributed by atoms with Gasteiger partial charge in [-0.05, 0) is 25.1 Å². The zero-order chi connectivity index (χ0) is 14.7. The van der Waals surface area contributed by atoms with Gasteiger partial charge in [0.2, 0.25) is 5.91 Å². The maximum Gasteiger partial charge on any atom is 0.248 e. The van der Waals surface area contributed by atoms with E-state index in [1.165, 1.54) is 6.08 Å². The summed E-state index contributed by atoms with van der Waals surface area (Å²) in [6.45, 7) is 1.93. The normalized spacial score (nSPS) is 11.1. The van der Waals surface area contributed by atoms with E-state index < -0.39 is 0 Å². The number of nitrogens with zero attached hydrogens (tertiary/aromatic N) is 2. The highest BCUT2D eigenvalue weighted by Gasteiger charge is 2.01. The highest BCUT2D eigenvalue weighted by Crippen LogP contribution is 2.16. The van der Waals surface area contributed by atoms with Gasteiger partial charge in [0, 0.05) is 16.8 Å². The molecule has 1 N–H and O–H groups in total. The first-order chi connectivity index (χ1) is 10.2. The molecular formula is C16H13N3OS. The van der Waals surface area contributed by atoms with Crippen molar-refractivity contribution in [1.82, 2.24) is 9.97 Å². The van der Waals surface area contributed by atoms with Crippen LogP contribution in [0.1, 0.15) is 10.7 Å². The van der Waals surface area contributed by atoms with Gasteiger partial charge in [-0.2, -0.15) is 0 Å². The second-order valence-electron chi connectivity index (χ2n) is 4.53. The van der Waals surface area contributed by atoms with E-state index in [2.05, 4.69) is 15.3 Å². The Bertz CT molecular complexity index is 823. The lowest BCUT2D eigenvalue weighted by molar-refractivity contribution is -0.111. The van der Waals surface area contributed by atoms with Gasteiger partial charge in [0.25, 0.3) is 0 Å². The molecule has 104 valence electrons. The Balaban J connectivity index is 1.72. The molecule has 2 heterocycles. The number of amides is 1. The number of carbonyl (C=O) groups excluding carboxylic acids is 1. The van der Waals surface area contributed by atoms with Crippen molar-refractivity contribution in [2.24, 2.45) is 0 Å². The number of rotatable bonds is 3. The average molecular weight is 295 g/mol. The molecule has 0 radical (unpaired) electrons. The van der Waals surface area contributed by atoms with E-state index in [4.69, 9.17) is 0 Å². The molecule has 0 aliphatic carbocycles. The molecule has 0 aliphatic rings. The number of pyridine rings is 1. The minimum absolute atomic E-state index is 0.197. The lowest BCUT2D eigenvalue weighted by Crippen LogP contribution is -2.07. The summed E-state index contributed by atoms with van der Waals surface area (Å²) < 4.78 is 0. The zero-order valence-corrected chi connectivity index (χ0v) is 12.2. The van der Waals surface area contributed by atoms with Crippen LogP contribution in [0, 0.1) is 6.92 Å². The van der Waals surface area contributed by atoms with Crippen molar-refractivity contribution in [3.63, 3.8) is 0 Å². The third kappa shape index (κ3) is 3.32. The van der Waals surface area contributed by atoms with Gasteiger partial charge in [-0.3, -0.25) is 9.78 Å². The van der Waals surface area contributed by atoms with Crippen LogP contribution < -0.4 is 5.32 Å². The summed E-state index contributed by atoms with van der Waals surface area (Å²) in [5, 5.41) is 6.69. The fraction of sp³-hybridized carbons (Fsp3) is 0.0625. The van der Waals surface area contributed by atoms with E-state index in [1.807, 2.05) is 42.6 Å². The number of hydrogen-bond acceptors (Lipinski definition) is 4. The Morgan fingerprint density at radius 1 is 1.33 bits per heavy atom. The Hall–Kier alpha value is -2.53. The van der Waals surface area contributed by atoms with Gasteiger partial charge in [-0.1, -0.05) is 18.2 Å². The van der Waals surface area contributed by atoms with Crippen molar-refractivity contribution < 1.29 is 4.79 Å². The second kappa shape index (κ2) is 5.85. The number of nitrogens with one attached hydrogen (secondary N) is 1. The predicted octanol–water partition coefficient (Wildman–Crippen LogP) is 3.65. The van der Waals surface area contributed by atoms with Crippen LogP contribution in [0.5, 0.6) is 0 Å². The molecule has 3 aromatic rings. The number of aromatic nitrogens is 2. The molecule has 1 aromatic carbocycles. The Morgan fingerprint density at radius 2 is 2.19 bits per heavy atom. The second-order valence-corrected chi connectivity index (χ2v) is 5.59. The molecule has 0 fully saturated rings. The molecule has 0 spiro atoms. The van der Waals surface area contributed by atoms with Crippen LogP contribution in [0.15, 0.2) is 48.0 Å². The molecule has 0 saturated carbocycles. The van der Waals surface area contributed by atoms with E-state index in [1.54, 1.807) is 23.6 Å². The Morgan fingerprint density at radius 3 is 3.00 bits per heavy atom. The number of aryl methyl sites for hydroxylation is 1. The van der Waals surface area contributed by atoms with Gasteiger partial charge in [-0.25, -0.2) is 4.98 Å². The molecule has 0 unspecified atom stereocenters. The van der Waals surface area contributed by atoms with Crippen molar-refractivity contribution in [3.8, 4) is 0 Å². The van der Waals surface area contributed by atoms with Crippen LogP contribution in [-0.4, -0.2) is 15.9 Å². The maximum absolute atomic E-state index is 11.9. The molecule has 0 saturated heterocycles. The first-order valence-electron chi connectivity index (χ1n) is 6.47. The highest BCUT2D eigenvalue weighted by atomic mass is 32.1. The summed E-state index contributed by atoms with van der Waals surface area (Å²) in [4.78, 5) is 20.5. The summed E-state index contributed by atoms with van der Waals surface area (Å²) in [6.07, 6.45) is 4.83. The maximum atomic E-state index is 11.9. The number of carbonyl (C=O) groups is 1. The molecular weight excluding hydrogens is 282 g/mol. The minimum atomic E-state index is -0.197. The minimum Gasteiger partial charge on any atom is -0.321 e. The molecule has 0 atom stereocenters. The van der Waals surface area contributed by atoms with E-state index in [-0.39, 0.29) is 5.91 Å². The molecule has 5 heteroatoms. The van der Waals surface area contributed by atoms with Crippen LogP contribution in [0.4, 0.5) is 5.69 Å². The van der Waals surface area contributed by atoms with Crippen molar-refractivity contribution in [2.45, 2.75) is 6.92 Å². The van der Waals surface area contributed by atoms with Gasteiger partial charge in [0.15, 0.2) is 0 Å². The van der Waals surface area contributed by atoms with Crippen LogP contribution in [-0.2, 0) is 4.79 Å². The largest absolute Gasteiger partial charge is 0.321 e. The Labute approximate surface area is 126 Å². The van der Waals surface area contributed by atoms with Crippen LogP contribution in [0.3, 0.4) is 0 Å². The first kappa shape index (κ1) is 13.5. The summed E-state index contributed by atoms with van der Waals surface area (Å²) in [6, 6.07) is 9.69. The van der Waals surface area contributed by atoms with Gasteiger partial charge in [-0.15, -0.1) is 11.3 Å². The van der Waals surface area contributed by atoms with E-state index in [0.717, 1.165) is 21.6 Å². The lowest BCUT2D eigenvalue weighted by atomic mass is 10.2. The number of thiazole rings is 1. The molecule has 4 nitrogen and oxygen atoms in total. The van der Waals surface area contributed by atoms with Gasteiger partial charge >= 0.3 is 0 Å². The summed E-state index contributed by atoms with van der Waals surface area (Å²) in [5.41, 5.74) is 2.38. The van der Waals surface area contributed by atoms with Gasteiger partial charge in [0.1, 0.15) is 0 Å². The summed E-state index contributed by atoms with van der Waals surface area (Å²) in [7, 11) is 0. The van der Waals surface area contributed by atoms with E-state index in [0.29, 0.717) is 5.69 Å².